The number of hydrogen-bond donors (Lipinski definition) is 1. The number of anilines is 1. The molecular weight excluding hydrogens is 340 g/mol. The Balaban J connectivity index is 1.53. The first kappa shape index (κ1) is 17.6. The van der Waals surface area contributed by atoms with Crippen LogP contribution in [0.4, 0.5) is 5.69 Å². The average Bonchev–Trinajstić information content (AvgIpc) is 3.13. The molecule has 0 bridgehead atoms. The van der Waals surface area contributed by atoms with Gasteiger partial charge in [0.1, 0.15) is 5.75 Å². The minimum Gasteiger partial charge on any atom is -0.497 e. The molecule has 1 N–H and O–H groups in total. The fourth-order valence-corrected chi connectivity index (χ4v) is 4.05. The Morgan fingerprint density at radius 2 is 2.04 bits per heavy atom. The number of nitrogens with zero attached hydrogens (tertiary/aromatic N) is 1. The van der Waals surface area contributed by atoms with Gasteiger partial charge < -0.3 is 15.0 Å². The van der Waals surface area contributed by atoms with Crippen molar-refractivity contribution in [3.63, 3.8) is 0 Å². The third-order valence-corrected chi connectivity index (χ3v) is 5.46. The molecule has 1 saturated heterocycles. The van der Waals surface area contributed by atoms with Crippen LogP contribution in [0.3, 0.4) is 0 Å². The number of nitrogens with one attached hydrogen (secondary N) is 1. The molecule has 4 rings (SSSR count). The van der Waals surface area contributed by atoms with Gasteiger partial charge in [0.25, 0.3) is 5.91 Å². The molecule has 5 heteroatoms. The third-order valence-electron chi connectivity index (χ3n) is 5.46. The van der Waals surface area contributed by atoms with E-state index in [4.69, 9.17) is 4.74 Å². The van der Waals surface area contributed by atoms with Crippen molar-refractivity contribution in [2.24, 2.45) is 0 Å². The van der Waals surface area contributed by atoms with Crippen LogP contribution >= 0.6 is 0 Å². The average molecular weight is 364 g/mol. The molecule has 0 spiro atoms. The second-order valence-electron chi connectivity index (χ2n) is 7.18. The van der Waals surface area contributed by atoms with Gasteiger partial charge in [-0.15, -0.1) is 0 Å². The SMILES string of the molecule is COc1ccc2c(c1)CCC[C@H]2NC(=O)c1cccc(N2CCCC2=O)c1. The molecule has 2 aliphatic rings. The summed E-state index contributed by atoms with van der Waals surface area (Å²) in [7, 11) is 1.67. The number of ether oxygens (including phenoxy) is 1. The van der Waals surface area contributed by atoms with E-state index < -0.39 is 0 Å². The number of carbonyl (C=O) groups excluding carboxylic acids is 2. The normalized spacial score (nSPS) is 18.9. The molecule has 1 fully saturated rings. The van der Waals surface area contributed by atoms with Crippen LogP contribution in [0.15, 0.2) is 42.5 Å². The number of fused-ring (bicyclic) bond motifs is 1. The first-order chi connectivity index (χ1) is 13.2. The molecule has 140 valence electrons. The van der Waals surface area contributed by atoms with Gasteiger partial charge in [-0.1, -0.05) is 12.1 Å². The fourth-order valence-electron chi connectivity index (χ4n) is 4.05. The lowest BCUT2D eigenvalue weighted by molar-refractivity contribution is -0.117. The highest BCUT2D eigenvalue weighted by Gasteiger charge is 2.25. The number of methoxy groups -OCH3 is 1. The third kappa shape index (κ3) is 3.54. The van der Waals surface area contributed by atoms with Gasteiger partial charge >= 0.3 is 0 Å². The minimum absolute atomic E-state index is 0.00392. The molecule has 1 aliphatic carbocycles. The molecule has 0 radical (unpaired) electrons. The summed E-state index contributed by atoms with van der Waals surface area (Å²) < 4.78 is 5.32. The van der Waals surface area contributed by atoms with Crippen molar-refractivity contribution in [1.82, 2.24) is 5.32 Å². The lowest BCUT2D eigenvalue weighted by Crippen LogP contribution is -2.31. The number of aryl methyl sites for hydroxylation is 1. The van der Waals surface area contributed by atoms with Gasteiger partial charge in [-0.2, -0.15) is 0 Å². The largest absolute Gasteiger partial charge is 0.497 e. The maximum atomic E-state index is 12.9. The number of carbonyl (C=O) groups is 2. The summed E-state index contributed by atoms with van der Waals surface area (Å²) in [5.41, 5.74) is 3.80. The van der Waals surface area contributed by atoms with Gasteiger partial charge in [0.2, 0.25) is 5.91 Å². The summed E-state index contributed by atoms with van der Waals surface area (Å²) in [4.78, 5) is 26.6. The molecule has 1 aliphatic heterocycles. The Morgan fingerprint density at radius 1 is 1.15 bits per heavy atom. The second-order valence-corrected chi connectivity index (χ2v) is 7.18. The zero-order valence-electron chi connectivity index (χ0n) is 15.5. The monoisotopic (exact) mass is 364 g/mol. The molecular formula is C22H24N2O3. The van der Waals surface area contributed by atoms with E-state index in [1.54, 1.807) is 18.1 Å². The van der Waals surface area contributed by atoms with Crippen molar-refractivity contribution in [2.75, 3.05) is 18.6 Å². The van der Waals surface area contributed by atoms with E-state index in [0.29, 0.717) is 12.0 Å². The second kappa shape index (κ2) is 7.43. The van der Waals surface area contributed by atoms with Gasteiger partial charge in [0.05, 0.1) is 13.2 Å². The summed E-state index contributed by atoms with van der Waals surface area (Å²) in [5.74, 6) is 0.878. The molecule has 5 nitrogen and oxygen atoms in total. The van der Waals surface area contributed by atoms with Crippen molar-refractivity contribution >= 4 is 17.5 Å². The smallest absolute Gasteiger partial charge is 0.251 e. The van der Waals surface area contributed by atoms with Crippen LogP contribution in [0.25, 0.3) is 0 Å². The van der Waals surface area contributed by atoms with Crippen LogP contribution in [-0.4, -0.2) is 25.5 Å². The number of hydrogen-bond acceptors (Lipinski definition) is 3. The molecule has 2 amide bonds. The summed E-state index contributed by atoms with van der Waals surface area (Å²) in [5, 5.41) is 3.17. The maximum absolute atomic E-state index is 12.9. The van der Waals surface area contributed by atoms with Crippen LogP contribution < -0.4 is 15.0 Å². The molecule has 1 atom stereocenters. The summed E-state index contributed by atoms with van der Waals surface area (Å²) in [6.45, 7) is 0.724. The van der Waals surface area contributed by atoms with Crippen molar-refractivity contribution in [3.05, 3.63) is 59.2 Å². The van der Waals surface area contributed by atoms with E-state index >= 15 is 0 Å². The van der Waals surface area contributed by atoms with Crippen molar-refractivity contribution in [2.45, 2.75) is 38.1 Å². The summed E-state index contributed by atoms with van der Waals surface area (Å²) in [6.07, 6.45) is 4.42. The highest BCUT2D eigenvalue weighted by molar-refractivity contribution is 5.99. The standard InChI is InChI=1S/C22H24N2O3/c1-27-18-10-11-19-15(14-18)5-3-8-20(19)23-22(26)16-6-2-7-17(13-16)24-12-4-9-21(24)25/h2,6-7,10-11,13-14,20H,3-5,8-9,12H2,1H3,(H,23,26)/t20-/m1/s1. The van der Waals surface area contributed by atoms with Gasteiger partial charge in [-0.3, -0.25) is 9.59 Å². The molecule has 1 heterocycles. The molecule has 0 aromatic heterocycles. The van der Waals surface area contributed by atoms with Gasteiger partial charge in [0.15, 0.2) is 0 Å². The van der Waals surface area contributed by atoms with Gasteiger partial charge in [-0.25, -0.2) is 0 Å². The Labute approximate surface area is 159 Å². The minimum atomic E-state index is -0.0998. The Hall–Kier alpha value is -2.82. The highest BCUT2D eigenvalue weighted by Crippen LogP contribution is 2.32. The molecule has 2 aromatic carbocycles. The van der Waals surface area contributed by atoms with Crippen LogP contribution in [0, 0.1) is 0 Å². The lowest BCUT2D eigenvalue weighted by Gasteiger charge is -2.27. The number of amides is 2. The highest BCUT2D eigenvalue weighted by atomic mass is 16.5. The topological polar surface area (TPSA) is 58.6 Å². The van der Waals surface area contributed by atoms with Crippen molar-refractivity contribution in [1.29, 1.82) is 0 Å². The van der Waals surface area contributed by atoms with Crippen LogP contribution in [-0.2, 0) is 11.2 Å². The number of benzene rings is 2. The Kier molecular flexibility index (Phi) is 4.84. The fraction of sp³-hybridized carbons (Fsp3) is 0.364. The van der Waals surface area contributed by atoms with Crippen LogP contribution in [0.2, 0.25) is 0 Å². The summed E-state index contributed by atoms with van der Waals surface area (Å²) >= 11 is 0. The van der Waals surface area contributed by atoms with E-state index in [0.717, 1.165) is 43.7 Å². The first-order valence-electron chi connectivity index (χ1n) is 9.54. The molecule has 27 heavy (non-hydrogen) atoms. The Bertz CT molecular complexity index is 878. The zero-order chi connectivity index (χ0) is 18.8. The number of rotatable bonds is 4. The van der Waals surface area contributed by atoms with Crippen LogP contribution in [0.5, 0.6) is 5.75 Å². The predicted octanol–water partition coefficient (Wildman–Crippen LogP) is 3.63. The summed E-state index contributed by atoms with van der Waals surface area (Å²) in [6, 6.07) is 13.4. The van der Waals surface area contributed by atoms with E-state index in [1.165, 1.54) is 11.1 Å². The quantitative estimate of drug-likeness (QED) is 0.901. The zero-order valence-corrected chi connectivity index (χ0v) is 15.5. The van der Waals surface area contributed by atoms with E-state index in [9.17, 15) is 9.59 Å². The molecule has 0 unspecified atom stereocenters. The van der Waals surface area contributed by atoms with Gasteiger partial charge in [-0.05, 0) is 67.1 Å². The van der Waals surface area contributed by atoms with Crippen molar-refractivity contribution in [3.8, 4) is 5.75 Å². The van der Waals surface area contributed by atoms with E-state index in [1.807, 2.05) is 24.3 Å². The first-order valence-corrected chi connectivity index (χ1v) is 9.54. The molecule has 2 aromatic rings. The van der Waals surface area contributed by atoms with E-state index in [2.05, 4.69) is 17.4 Å². The Morgan fingerprint density at radius 3 is 2.81 bits per heavy atom. The predicted molar refractivity (Wildman–Crippen MR) is 104 cm³/mol. The molecule has 0 saturated carbocycles. The lowest BCUT2D eigenvalue weighted by atomic mass is 9.87. The maximum Gasteiger partial charge on any atom is 0.251 e. The van der Waals surface area contributed by atoms with Crippen molar-refractivity contribution < 1.29 is 14.3 Å². The van der Waals surface area contributed by atoms with Gasteiger partial charge in [0, 0.05) is 24.2 Å². The van der Waals surface area contributed by atoms with E-state index in [-0.39, 0.29) is 17.9 Å². The van der Waals surface area contributed by atoms with Crippen LogP contribution in [0.1, 0.15) is 53.2 Å².